The van der Waals surface area contributed by atoms with E-state index in [2.05, 4.69) is 15.2 Å². The van der Waals surface area contributed by atoms with E-state index in [1.54, 1.807) is 34.5 Å². The van der Waals surface area contributed by atoms with Crippen LogP contribution in [0.25, 0.3) is 22.3 Å². The fraction of sp³-hybridized carbons (Fsp3) is 0.292. The summed E-state index contributed by atoms with van der Waals surface area (Å²) in [6.07, 6.45) is 0. The second kappa shape index (κ2) is 10.6. The summed E-state index contributed by atoms with van der Waals surface area (Å²) in [4.78, 5) is 15.0. The molecule has 0 unspecified atom stereocenters. The highest BCUT2D eigenvalue weighted by molar-refractivity contribution is 7.98. The van der Waals surface area contributed by atoms with E-state index in [0.29, 0.717) is 47.1 Å². The van der Waals surface area contributed by atoms with E-state index >= 15 is 0 Å². The summed E-state index contributed by atoms with van der Waals surface area (Å²) in [5.74, 6) is 2.77. The van der Waals surface area contributed by atoms with Crippen LogP contribution in [-0.4, -0.2) is 54.8 Å². The molecule has 4 aromatic rings. The summed E-state index contributed by atoms with van der Waals surface area (Å²) in [7, 11) is 6.36. The van der Waals surface area contributed by atoms with Crippen LogP contribution < -0.4 is 19.8 Å². The van der Waals surface area contributed by atoms with E-state index in [1.165, 1.54) is 11.8 Å². The Morgan fingerprint density at radius 2 is 1.71 bits per heavy atom. The van der Waals surface area contributed by atoms with Crippen molar-refractivity contribution in [3.8, 4) is 28.6 Å². The van der Waals surface area contributed by atoms with Crippen LogP contribution in [-0.2, 0) is 17.0 Å². The number of H-pyrrole nitrogens is 1. The molecule has 178 valence electrons. The Labute approximate surface area is 201 Å². The maximum atomic E-state index is 12.1. The van der Waals surface area contributed by atoms with Gasteiger partial charge in [0.25, 0.3) is 0 Å². The summed E-state index contributed by atoms with van der Waals surface area (Å²) in [6.45, 7) is 1.03. The van der Waals surface area contributed by atoms with E-state index in [9.17, 15) is 4.79 Å². The zero-order valence-corrected chi connectivity index (χ0v) is 20.3. The van der Waals surface area contributed by atoms with Crippen molar-refractivity contribution in [3.63, 3.8) is 0 Å². The number of ether oxygens (including phenoxy) is 4. The van der Waals surface area contributed by atoms with Crippen molar-refractivity contribution in [2.24, 2.45) is 0 Å². The van der Waals surface area contributed by atoms with Gasteiger partial charge in [-0.1, -0.05) is 30.0 Å². The third-order valence-corrected chi connectivity index (χ3v) is 6.37. The van der Waals surface area contributed by atoms with Gasteiger partial charge in [0.05, 0.1) is 34.5 Å². The largest absolute Gasteiger partial charge is 0.493 e. The van der Waals surface area contributed by atoms with E-state index in [0.717, 1.165) is 22.0 Å². The molecule has 0 bridgehead atoms. The second-order valence-electron chi connectivity index (χ2n) is 7.36. The molecule has 0 aliphatic carbocycles. The third-order valence-electron chi connectivity index (χ3n) is 5.35. The molecule has 4 rings (SSSR count). The average molecular weight is 483 g/mol. The molecule has 0 spiro atoms. The first-order valence-electron chi connectivity index (χ1n) is 10.6. The number of rotatable bonds is 10. The zero-order valence-electron chi connectivity index (χ0n) is 19.5. The lowest BCUT2D eigenvalue weighted by Gasteiger charge is -2.15. The summed E-state index contributed by atoms with van der Waals surface area (Å²) >= 11 is 1.51. The van der Waals surface area contributed by atoms with Crippen molar-refractivity contribution in [2.75, 3.05) is 35.0 Å². The van der Waals surface area contributed by atoms with Gasteiger partial charge in [-0.05, 0) is 23.8 Å². The molecule has 10 heteroatoms. The van der Waals surface area contributed by atoms with Crippen LogP contribution >= 0.6 is 11.8 Å². The minimum Gasteiger partial charge on any atom is -0.493 e. The SMILES string of the molecule is COCCn1c(SCc2cc(=O)[nH]c3ccccc23)nnc1-c1cc(OC)c(OC)c(OC)c1. The maximum absolute atomic E-state index is 12.1. The van der Waals surface area contributed by atoms with Crippen LogP contribution in [0.5, 0.6) is 17.2 Å². The lowest BCUT2D eigenvalue weighted by Crippen LogP contribution is -2.08. The molecule has 9 nitrogen and oxygen atoms in total. The van der Waals surface area contributed by atoms with E-state index < -0.39 is 0 Å². The van der Waals surface area contributed by atoms with Gasteiger partial charge < -0.3 is 23.9 Å². The summed E-state index contributed by atoms with van der Waals surface area (Å²) in [5, 5.41) is 10.6. The number of pyridine rings is 1. The van der Waals surface area contributed by atoms with Gasteiger partial charge in [-0.15, -0.1) is 10.2 Å². The number of hydrogen-bond donors (Lipinski definition) is 1. The Kier molecular flexibility index (Phi) is 7.39. The number of fused-ring (bicyclic) bond motifs is 1. The highest BCUT2D eigenvalue weighted by atomic mass is 32.2. The van der Waals surface area contributed by atoms with Gasteiger partial charge in [-0.2, -0.15) is 0 Å². The van der Waals surface area contributed by atoms with Gasteiger partial charge >= 0.3 is 0 Å². The van der Waals surface area contributed by atoms with Gasteiger partial charge in [0.1, 0.15) is 0 Å². The van der Waals surface area contributed by atoms with Crippen molar-refractivity contribution in [2.45, 2.75) is 17.5 Å². The van der Waals surface area contributed by atoms with E-state index in [-0.39, 0.29) is 5.56 Å². The Bertz CT molecular complexity index is 1330. The number of methoxy groups -OCH3 is 4. The number of nitrogens with one attached hydrogen (secondary N) is 1. The van der Waals surface area contributed by atoms with Crippen LogP contribution in [0.1, 0.15) is 5.56 Å². The molecule has 0 radical (unpaired) electrons. The van der Waals surface area contributed by atoms with Crippen LogP contribution in [0.4, 0.5) is 0 Å². The normalized spacial score (nSPS) is 11.1. The number of nitrogens with zero attached hydrogens (tertiary/aromatic N) is 3. The zero-order chi connectivity index (χ0) is 24.1. The molecule has 2 aromatic carbocycles. The fourth-order valence-corrected chi connectivity index (χ4v) is 4.70. The molecule has 0 aliphatic heterocycles. The Hall–Kier alpha value is -3.50. The Morgan fingerprint density at radius 1 is 0.971 bits per heavy atom. The first-order valence-corrected chi connectivity index (χ1v) is 11.5. The van der Waals surface area contributed by atoms with Crippen molar-refractivity contribution < 1.29 is 18.9 Å². The smallest absolute Gasteiger partial charge is 0.248 e. The van der Waals surface area contributed by atoms with Crippen molar-refractivity contribution >= 4 is 22.7 Å². The van der Waals surface area contributed by atoms with Crippen molar-refractivity contribution in [1.29, 1.82) is 0 Å². The number of aromatic amines is 1. The van der Waals surface area contributed by atoms with Crippen LogP contribution in [0.3, 0.4) is 0 Å². The molecule has 2 aromatic heterocycles. The van der Waals surface area contributed by atoms with E-state index in [1.807, 2.05) is 41.0 Å². The quantitative estimate of drug-likeness (QED) is 0.341. The fourth-order valence-electron chi connectivity index (χ4n) is 3.74. The highest BCUT2D eigenvalue weighted by Crippen LogP contribution is 2.41. The monoisotopic (exact) mass is 482 g/mol. The van der Waals surface area contributed by atoms with Crippen molar-refractivity contribution in [3.05, 3.63) is 58.4 Å². The molecule has 1 N–H and O–H groups in total. The number of aromatic nitrogens is 4. The highest BCUT2D eigenvalue weighted by Gasteiger charge is 2.20. The van der Waals surface area contributed by atoms with E-state index in [4.69, 9.17) is 18.9 Å². The van der Waals surface area contributed by atoms with Gasteiger partial charge in [0, 0.05) is 35.4 Å². The molecule has 0 fully saturated rings. The number of para-hydroxylation sites is 1. The molecule has 2 heterocycles. The molecule has 0 saturated carbocycles. The number of hydrogen-bond acceptors (Lipinski definition) is 8. The molecule has 0 amide bonds. The first-order chi connectivity index (χ1) is 16.6. The van der Waals surface area contributed by atoms with Gasteiger partial charge in [-0.25, -0.2) is 0 Å². The van der Waals surface area contributed by atoms with Gasteiger partial charge in [0.15, 0.2) is 22.5 Å². The predicted octanol–water partition coefficient (Wildman–Crippen LogP) is 3.75. The topological polar surface area (TPSA) is 100 Å². The summed E-state index contributed by atoms with van der Waals surface area (Å²) < 4.78 is 23.8. The lowest BCUT2D eigenvalue weighted by molar-refractivity contribution is 0.185. The molecule has 0 atom stereocenters. The molecule has 0 saturated heterocycles. The van der Waals surface area contributed by atoms with Crippen LogP contribution in [0.15, 0.2) is 52.4 Å². The number of thioether (sulfide) groups is 1. The Morgan fingerprint density at radius 3 is 2.38 bits per heavy atom. The van der Waals surface area contributed by atoms with Crippen molar-refractivity contribution in [1.82, 2.24) is 19.7 Å². The third kappa shape index (κ3) is 4.73. The molecule has 34 heavy (non-hydrogen) atoms. The molecular weight excluding hydrogens is 456 g/mol. The summed E-state index contributed by atoms with van der Waals surface area (Å²) in [5.41, 5.74) is 2.38. The van der Waals surface area contributed by atoms with Crippen LogP contribution in [0, 0.1) is 0 Å². The molecular formula is C24H26N4O5S. The lowest BCUT2D eigenvalue weighted by atomic mass is 10.1. The second-order valence-corrected chi connectivity index (χ2v) is 8.30. The first kappa shape index (κ1) is 23.7. The predicted molar refractivity (Wildman–Crippen MR) is 131 cm³/mol. The average Bonchev–Trinajstić information content (AvgIpc) is 3.27. The number of benzene rings is 2. The van der Waals surface area contributed by atoms with Gasteiger partial charge in [-0.3, -0.25) is 9.36 Å². The summed E-state index contributed by atoms with van der Waals surface area (Å²) in [6, 6.07) is 13.1. The minimum atomic E-state index is -0.131. The minimum absolute atomic E-state index is 0.131. The standard InChI is InChI=1S/C24H26N4O5S/c1-30-10-9-28-23(15-11-19(31-2)22(33-4)20(12-15)32-3)26-27-24(28)34-14-16-13-21(29)25-18-8-6-5-7-17(16)18/h5-8,11-13H,9-10,14H2,1-4H3,(H,25,29). The van der Waals surface area contributed by atoms with Gasteiger partial charge in [0.2, 0.25) is 11.3 Å². The maximum Gasteiger partial charge on any atom is 0.248 e. The van der Waals surface area contributed by atoms with Crippen LogP contribution in [0.2, 0.25) is 0 Å². The Balaban J connectivity index is 1.72. The molecule has 0 aliphatic rings.